The van der Waals surface area contributed by atoms with Crippen molar-refractivity contribution in [2.75, 3.05) is 5.32 Å². The van der Waals surface area contributed by atoms with Crippen molar-refractivity contribution in [1.82, 2.24) is 4.98 Å². The molecule has 15 heavy (non-hydrogen) atoms. The number of hydrogen-bond acceptors (Lipinski definition) is 3. The highest BCUT2D eigenvalue weighted by Gasteiger charge is 1.97. The van der Waals surface area contributed by atoms with Gasteiger partial charge in [0, 0.05) is 16.8 Å². The van der Waals surface area contributed by atoms with Crippen LogP contribution < -0.4 is 5.32 Å². The maximum absolute atomic E-state index is 4.22. The van der Waals surface area contributed by atoms with Gasteiger partial charge in [-0.2, -0.15) is 0 Å². The van der Waals surface area contributed by atoms with Crippen LogP contribution in [0.3, 0.4) is 0 Å². The molecule has 1 aromatic heterocycles. The molecule has 2 rings (SSSR count). The predicted octanol–water partition coefficient (Wildman–Crippen LogP) is 3.37. The Balaban J connectivity index is 1.96. The Bertz CT molecular complexity index is 431. The summed E-state index contributed by atoms with van der Waals surface area (Å²) >= 11 is 1.74. The Labute approximate surface area is 94.0 Å². The van der Waals surface area contributed by atoms with Crippen LogP contribution in [0.25, 0.3) is 0 Å². The van der Waals surface area contributed by atoms with Gasteiger partial charge in [0.15, 0.2) is 0 Å². The first-order valence-electron chi connectivity index (χ1n) is 4.96. The Morgan fingerprint density at radius 3 is 2.53 bits per heavy atom. The number of aromatic nitrogens is 1. The topological polar surface area (TPSA) is 24.9 Å². The molecule has 0 radical (unpaired) electrons. The molecule has 2 nitrogen and oxygen atoms in total. The van der Waals surface area contributed by atoms with Gasteiger partial charge < -0.3 is 5.32 Å². The van der Waals surface area contributed by atoms with Crippen molar-refractivity contribution in [3.05, 3.63) is 45.9 Å². The third-order valence-electron chi connectivity index (χ3n) is 2.19. The number of benzene rings is 1. The molecule has 0 amide bonds. The second-order valence-electron chi connectivity index (χ2n) is 3.57. The van der Waals surface area contributed by atoms with Gasteiger partial charge in [0.05, 0.1) is 11.6 Å². The minimum Gasteiger partial charge on any atom is -0.380 e. The van der Waals surface area contributed by atoms with E-state index in [0.29, 0.717) is 0 Å². The summed E-state index contributed by atoms with van der Waals surface area (Å²) in [6.07, 6.45) is 1.93. The van der Waals surface area contributed by atoms with Crippen molar-refractivity contribution < 1.29 is 0 Å². The minimum atomic E-state index is 0.856. The van der Waals surface area contributed by atoms with E-state index in [4.69, 9.17) is 0 Å². The summed E-state index contributed by atoms with van der Waals surface area (Å²) in [5, 5.41) is 4.49. The molecule has 0 aliphatic rings. The Morgan fingerprint density at radius 2 is 1.93 bits per heavy atom. The smallest absolute Gasteiger partial charge is 0.0897 e. The first kappa shape index (κ1) is 10.2. The van der Waals surface area contributed by atoms with E-state index in [-0.39, 0.29) is 0 Å². The highest BCUT2D eigenvalue weighted by Crippen LogP contribution is 2.14. The molecule has 1 N–H and O–H groups in total. The van der Waals surface area contributed by atoms with Gasteiger partial charge in [0.25, 0.3) is 0 Å². The predicted molar refractivity (Wildman–Crippen MR) is 65.4 cm³/mol. The van der Waals surface area contributed by atoms with Crippen LogP contribution in [-0.2, 0) is 6.54 Å². The minimum absolute atomic E-state index is 0.856. The van der Waals surface area contributed by atoms with Crippen LogP contribution in [0.15, 0.2) is 30.5 Å². The summed E-state index contributed by atoms with van der Waals surface area (Å²) in [7, 11) is 0. The fourth-order valence-electron chi connectivity index (χ4n) is 1.35. The van der Waals surface area contributed by atoms with Gasteiger partial charge in [0.2, 0.25) is 0 Å². The maximum atomic E-state index is 4.22. The highest BCUT2D eigenvalue weighted by atomic mass is 32.1. The standard InChI is InChI=1S/C12H14N2S/c1-9-3-5-11(6-4-9)14-8-12-7-13-10(2)15-12/h3-7,14H,8H2,1-2H3. The lowest BCUT2D eigenvalue weighted by molar-refractivity contribution is 1.17. The van der Waals surface area contributed by atoms with E-state index >= 15 is 0 Å². The van der Waals surface area contributed by atoms with Crippen LogP contribution in [0.2, 0.25) is 0 Å². The van der Waals surface area contributed by atoms with E-state index in [0.717, 1.165) is 17.2 Å². The Morgan fingerprint density at radius 1 is 1.20 bits per heavy atom. The molecule has 0 spiro atoms. The second kappa shape index (κ2) is 4.45. The van der Waals surface area contributed by atoms with Gasteiger partial charge in [-0.15, -0.1) is 11.3 Å². The average molecular weight is 218 g/mol. The normalized spacial score (nSPS) is 10.3. The molecule has 78 valence electrons. The van der Waals surface area contributed by atoms with E-state index < -0.39 is 0 Å². The van der Waals surface area contributed by atoms with Crippen LogP contribution in [0.4, 0.5) is 5.69 Å². The molecule has 2 aromatic rings. The molecule has 0 saturated heterocycles. The molecule has 3 heteroatoms. The summed E-state index contributed by atoms with van der Waals surface area (Å²) in [5.41, 5.74) is 2.45. The van der Waals surface area contributed by atoms with Crippen LogP contribution >= 0.6 is 11.3 Å². The molecule has 0 saturated carbocycles. The first-order valence-corrected chi connectivity index (χ1v) is 5.77. The average Bonchev–Trinajstić information content (AvgIpc) is 2.64. The van der Waals surface area contributed by atoms with Gasteiger partial charge in [-0.3, -0.25) is 0 Å². The van der Waals surface area contributed by atoms with Crippen LogP contribution in [0.1, 0.15) is 15.4 Å². The fourth-order valence-corrected chi connectivity index (χ4v) is 2.08. The van der Waals surface area contributed by atoms with Gasteiger partial charge in [-0.25, -0.2) is 4.98 Å². The molecule has 0 aliphatic heterocycles. The van der Waals surface area contributed by atoms with Crippen molar-refractivity contribution in [3.63, 3.8) is 0 Å². The quantitative estimate of drug-likeness (QED) is 0.854. The number of hydrogen-bond donors (Lipinski definition) is 1. The molecule has 0 unspecified atom stereocenters. The number of rotatable bonds is 3. The van der Waals surface area contributed by atoms with Gasteiger partial charge in [-0.1, -0.05) is 17.7 Å². The van der Waals surface area contributed by atoms with Gasteiger partial charge in [-0.05, 0) is 26.0 Å². The zero-order valence-electron chi connectivity index (χ0n) is 8.95. The van der Waals surface area contributed by atoms with E-state index in [9.17, 15) is 0 Å². The Hall–Kier alpha value is -1.35. The van der Waals surface area contributed by atoms with Crippen molar-refractivity contribution in [2.24, 2.45) is 0 Å². The third-order valence-corrected chi connectivity index (χ3v) is 3.10. The number of nitrogens with one attached hydrogen (secondary N) is 1. The van der Waals surface area contributed by atoms with E-state index in [1.165, 1.54) is 10.4 Å². The maximum Gasteiger partial charge on any atom is 0.0897 e. The van der Waals surface area contributed by atoms with Gasteiger partial charge in [0.1, 0.15) is 0 Å². The fraction of sp³-hybridized carbons (Fsp3) is 0.250. The second-order valence-corrected chi connectivity index (χ2v) is 4.88. The number of thiazole rings is 1. The molecular weight excluding hydrogens is 204 g/mol. The molecule has 1 aromatic carbocycles. The monoisotopic (exact) mass is 218 g/mol. The zero-order chi connectivity index (χ0) is 10.7. The summed E-state index contributed by atoms with van der Waals surface area (Å²) < 4.78 is 0. The third kappa shape index (κ3) is 2.80. The summed E-state index contributed by atoms with van der Waals surface area (Å²) in [6, 6.07) is 8.42. The van der Waals surface area contributed by atoms with Crippen molar-refractivity contribution in [1.29, 1.82) is 0 Å². The largest absolute Gasteiger partial charge is 0.380 e. The van der Waals surface area contributed by atoms with Crippen molar-refractivity contribution in [2.45, 2.75) is 20.4 Å². The first-order chi connectivity index (χ1) is 7.24. The van der Waals surface area contributed by atoms with E-state index in [1.54, 1.807) is 11.3 Å². The summed E-state index contributed by atoms with van der Waals surface area (Å²) in [6.45, 7) is 4.98. The lowest BCUT2D eigenvalue weighted by Gasteiger charge is -2.04. The van der Waals surface area contributed by atoms with Crippen LogP contribution in [0.5, 0.6) is 0 Å². The molecule has 0 fully saturated rings. The number of nitrogens with zero attached hydrogens (tertiary/aromatic N) is 1. The number of anilines is 1. The molecular formula is C12H14N2S. The van der Waals surface area contributed by atoms with Crippen molar-refractivity contribution >= 4 is 17.0 Å². The molecule has 0 aliphatic carbocycles. The highest BCUT2D eigenvalue weighted by molar-refractivity contribution is 7.11. The lowest BCUT2D eigenvalue weighted by atomic mass is 10.2. The Kier molecular flexibility index (Phi) is 3.02. The van der Waals surface area contributed by atoms with E-state index in [1.807, 2.05) is 13.1 Å². The van der Waals surface area contributed by atoms with Crippen molar-refractivity contribution in [3.8, 4) is 0 Å². The zero-order valence-corrected chi connectivity index (χ0v) is 9.77. The lowest BCUT2D eigenvalue weighted by Crippen LogP contribution is -1.96. The number of aryl methyl sites for hydroxylation is 2. The molecule has 0 atom stereocenters. The summed E-state index contributed by atoms with van der Waals surface area (Å²) in [4.78, 5) is 5.49. The molecule has 1 heterocycles. The summed E-state index contributed by atoms with van der Waals surface area (Å²) in [5.74, 6) is 0. The van der Waals surface area contributed by atoms with Crippen LogP contribution in [-0.4, -0.2) is 4.98 Å². The SMILES string of the molecule is Cc1ccc(NCc2cnc(C)s2)cc1. The van der Waals surface area contributed by atoms with E-state index in [2.05, 4.69) is 41.5 Å². The van der Waals surface area contributed by atoms with Gasteiger partial charge >= 0.3 is 0 Å². The van der Waals surface area contributed by atoms with Crippen LogP contribution in [0, 0.1) is 13.8 Å². The molecule has 0 bridgehead atoms.